The lowest BCUT2D eigenvalue weighted by Crippen LogP contribution is -2.28. The Kier molecular flexibility index (Phi) is 7.14. The maximum atomic E-state index is 11.9. The summed E-state index contributed by atoms with van der Waals surface area (Å²) >= 11 is 0. The van der Waals surface area contributed by atoms with Gasteiger partial charge in [0, 0.05) is 18.7 Å². The molecule has 0 heterocycles. The van der Waals surface area contributed by atoms with Gasteiger partial charge in [0.2, 0.25) is 10.0 Å². The molecular weight excluding hydrogens is 290 g/mol. The highest BCUT2D eigenvalue weighted by atomic mass is 32.2. The monoisotopic (exact) mass is 315 g/mol. The minimum atomic E-state index is -3.35. The van der Waals surface area contributed by atoms with Crippen LogP contribution >= 0.6 is 0 Å². The molecule has 1 N–H and O–H groups in total. The van der Waals surface area contributed by atoms with E-state index in [1.165, 1.54) is 0 Å². The molecule has 1 rings (SSSR count). The zero-order chi connectivity index (χ0) is 15.9. The highest BCUT2D eigenvalue weighted by Gasteiger charge is 2.12. The van der Waals surface area contributed by atoms with E-state index in [0.29, 0.717) is 12.5 Å². The maximum Gasteiger partial charge on any atom is 0.214 e. The van der Waals surface area contributed by atoms with E-state index in [1.54, 1.807) is 7.11 Å². The zero-order valence-corrected chi connectivity index (χ0v) is 14.0. The van der Waals surface area contributed by atoms with Gasteiger partial charge in [0.15, 0.2) is 0 Å². The summed E-state index contributed by atoms with van der Waals surface area (Å²) in [7, 11) is -1.76. The number of hydrogen-bond acceptors (Lipinski definition) is 4. The topological polar surface area (TPSA) is 64.6 Å². The molecule has 21 heavy (non-hydrogen) atoms. The van der Waals surface area contributed by atoms with Crippen molar-refractivity contribution >= 4 is 10.0 Å². The van der Waals surface area contributed by atoms with Gasteiger partial charge >= 0.3 is 0 Å². The van der Waals surface area contributed by atoms with Crippen LogP contribution in [0.1, 0.15) is 25.0 Å². The summed E-state index contributed by atoms with van der Waals surface area (Å²) in [5.74, 6) is 1.09. The van der Waals surface area contributed by atoms with E-state index in [2.05, 4.69) is 4.72 Å². The molecule has 0 bridgehead atoms. The fourth-order valence-electron chi connectivity index (χ4n) is 1.89. The van der Waals surface area contributed by atoms with Crippen molar-refractivity contribution in [1.29, 1.82) is 0 Å². The molecule has 0 atom stereocenters. The Labute approximate surface area is 127 Å². The summed E-state index contributed by atoms with van der Waals surface area (Å²) < 4.78 is 37.0. The normalized spacial score (nSPS) is 11.9. The number of methoxy groups -OCH3 is 1. The third kappa shape index (κ3) is 6.46. The first kappa shape index (κ1) is 17.9. The van der Waals surface area contributed by atoms with Crippen molar-refractivity contribution in [1.82, 2.24) is 4.72 Å². The van der Waals surface area contributed by atoms with Gasteiger partial charge in [0.05, 0.1) is 19.5 Å². The second kappa shape index (κ2) is 8.36. The van der Waals surface area contributed by atoms with Crippen LogP contribution in [-0.4, -0.2) is 34.5 Å². The standard InChI is InChI=1S/C15H25NO4S/c1-12(2)11-20-8-9-21(17,18)16-10-14-7-5-6-13(3)15(14)19-4/h5-7,12,16H,8-11H2,1-4H3. The lowest BCUT2D eigenvalue weighted by molar-refractivity contribution is 0.123. The number of ether oxygens (including phenoxy) is 2. The third-order valence-electron chi connectivity index (χ3n) is 2.93. The predicted molar refractivity (Wildman–Crippen MR) is 84.0 cm³/mol. The summed E-state index contributed by atoms with van der Waals surface area (Å²) in [6.07, 6.45) is 0. The zero-order valence-electron chi connectivity index (χ0n) is 13.2. The van der Waals surface area contributed by atoms with Crippen molar-refractivity contribution in [2.75, 3.05) is 26.1 Å². The van der Waals surface area contributed by atoms with Crippen molar-refractivity contribution in [3.8, 4) is 5.75 Å². The van der Waals surface area contributed by atoms with Crippen LogP contribution in [-0.2, 0) is 21.3 Å². The minimum absolute atomic E-state index is 0.0339. The summed E-state index contributed by atoms with van der Waals surface area (Å²) in [6, 6.07) is 5.66. The molecule has 0 fully saturated rings. The average molecular weight is 315 g/mol. The first-order valence-corrected chi connectivity index (χ1v) is 8.68. The van der Waals surface area contributed by atoms with Gasteiger partial charge in [-0.25, -0.2) is 13.1 Å². The van der Waals surface area contributed by atoms with Gasteiger partial charge in [0.25, 0.3) is 0 Å². The number of para-hydroxylation sites is 1. The Morgan fingerprint density at radius 2 is 2.00 bits per heavy atom. The molecule has 0 saturated heterocycles. The molecule has 5 nitrogen and oxygen atoms in total. The molecule has 0 saturated carbocycles. The quantitative estimate of drug-likeness (QED) is 0.709. The van der Waals surface area contributed by atoms with Gasteiger partial charge in [-0.1, -0.05) is 32.0 Å². The van der Waals surface area contributed by atoms with Crippen LogP contribution < -0.4 is 9.46 Å². The molecule has 1 aromatic rings. The van der Waals surface area contributed by atoms with Crippen LogP contribution in [0.15, 0.2) is 18.2 Å². The Bertz CT molecular complexity index is 541. The Balaban J connectivity index is 2.52. The highest BCUT2D eigenvalue weighted by Crippen LogP contribution is 2.22. The van der Waals surface area contributed by atoms with Crippen molar-refractivity contribution in [2.24, 2.45) is 5.92 Å². The van der Waals surface area contributed by atoms with Crippen LogP contribution in [0.3, 0.4) is 0 Å². The third-order valence-corrected chi connectivity index (χ3v) is 4.22. The largest absolute Gasteiger partial charge is 0.496 e. The number of hydrogen-bond donors (Lipinski definition) is 1. The summed E-state index contributed by atoms with van der Waals surface area (Å²) in [4.78, 5) is 0. The van der Waals surface area contributed by atoms with E-state index in [4.69, 9.17) is 9.47 Å². The molecule has 120 valence electrons. The van der Waals surface area contributed by atoms with Crippen LogP contribution in [0.25, 0.3) is 0 Å². The molecule has 0 spiro atoms. The summed E-state index contributed by atoms with van der Waals surface area (Å²) in [5.41, 5.74) is 1.80. The van der Waals surface area contributed by atoms with Crippen molar-refractivity contribution < 1.29 is 17.9 Å². The van der Waals surface area contributed by atoms with Crippen LogP contribution in [0.4, 0.5) is 0 Å². The molecule has 1 aromatic carbocycles. The van der Waals surface area contributed by atoms with Crippen LogP contribution in [0.5, 0.6) is 5.75 Å². The second-order valence-electron chi connectivity index (χ2n) is 5.38. The van der Waals surface area contributed by atoms with Crippen LogP contribution in [0.2, 0.25) is 0 Å². The Morgan fingerprint density at radius 1 is 1.29 bits per heavy atom. The predicted octanol–water partition coefficient (Wildman–Crippen LogP) is 2.10. The molecule has 6 heteroatoms. The number of aryl methyl sites for hydroxylation is 1. The van der Waals surface area contributed by atoms with E-state index in [-0.39, 0.29) is 18.9 Å². The average Bonchev–Trinajstić information content (AvgIpc) is 2.41. The molecule has 0 unspecified atom stereocenters. The molecular formula is C15H25NO4S. The van der Waals surface area contributed by atoms with E-state index >= 15 is 0 Å². The van der Waals surface area contributed by atoms with E-state index in [9.17, 15) is 8.42 Å². The van der Waals surface area contributed by atoms with E-state index in [0.717, 1.165) is 16.9 Å². The number of sulfonamides is 1. The lowest BCUT2D eigenvalue weighted by Gasteiger charge is -2.12. The maximum absolute atomic E-state index is 11.9. The van der Waals surface area contributed by atoms with Gasteiger partial charge < -0.3 is 9.47 Å². The first-order chi connectivity index (χ1) is 9.85. The molecule has 0 aromatic heterocycles. The number of nitrogens with one attached hydrogen (secondary N) is 1. The van der Waals surface area contributed by atoms with E-state index < -0.39 is 10.0 Å². The van der Waals surface area contributed by atoms with Gasteiger partial charge in [-0.15, -0.1) is 0 Å². The first-order valence-electron chi connectivity index (χ1n) is 7.03. The molecule has 0 radical (unpaired) electrons. The van der Waals surface area contributed by atoms with Gasteiger partial charge in [-0.3, -0.25) is 0 Å². The molecule has 0 aliphatic heterocycles. The minimum Gasteiger partial charge on any atom is -0.496 e. The van der Waals surface area contributed by atoms with E-state index in [1.807, 2.05) is 39.0 Å². The SMILES string of the molecule is COc1c(C)cccc1CNS(=O)(=O)CCOCC(C)C. The van der Waals surface area contributed by atoms with Gasteiger partial charge in [-0.05, 0) is 18.4 Å². The Morgan fingerprint density at radius 3 is 2.62 bits per heavy atom. The fourth-order valence-corrected chi connectivity index (χ4v) is 2.75. The number of rotatable bonds is 9. The lowest BCUT2D eigenvalue weighted by atomic mass is 10.1. The second-order valence-corrected chi connectivity index (χ2v) is 7.30. The van der Waals surface area contributed by atoms with Crippen molar-refractivity contribution in [3.05, 3.63) is 29.3 Å². The van der Waals surface area contributed by atoms with Crippen LogP contribution in [0, 0.1) is 12.8 Å². The summed E-state index contributed by atoms with van der Waals surface area (Å²) in [6.45, 7) is 6.97. The van der Waals surface area contributed by atoms with Crippen molar-refractivity contribution in [2.45, 2.75) is 27.3 Å². The molecule has 0 amide bonds. The van der Waals surface area contributed by atoms with Crippen molar-refractivity contribution in [3.63, 3.8) is 0 Å². The smallest absolute Gasteiger partial charge is 0.214 e. The number of benzene rings is 1. The Hall–Kier alpha value is -1.11. The molecule has 0 aliphatic carbocycles. The van der Waals surface area contributed by atoms with Gasteiger partial charge in [0.1, 0.15) is 5.75 Å². The molecule has 0 aliphatic rings. The summed E-state index contributed by atoms with van der Waals surface area (Å²) in [5, 5.41) is 0. The fraction of sp³-hybridized carbons (Fsp3) is 0.600. The van der Waals surface area contributed by atoms with Gasteiger partial charge in [-0.2, -0.15) is 0 Å². The highest BCUT2D eigenvalue weighted by molar-refractivity contribution is 7.89.